The van der Waals surface area contributed by atoms with Gasteiger partial charge in [-0.3, -0.25) is 4.79 Å². The minimum absolute atomic E-state index is 0.0450. The number of nitrogens with one attached hydrogen (secondary N) is 2. The van der Waals surface area contributed by atoms with E-state index in [1.54, 1.807) is 11.3 Å². The van der Waals surface area contributed by atoms with Crippen molar-refractivity contribution >= 4 is 33.8 Å². The lowest BCUT2D eigenvalue weighted by Crippen LogP contribution is -2.14. The molecule has 3 heterocycles. The van der Waals surface area contributed by atoms with Gasteiger partial charge in [-0.1, -0.05) is 18.2 Å². The van der Waals surface area contributed by atoms with Crippen molar-refractivity contribution in [2.45, 2.75) is 32.1 Å². The molecular formula is C20H18N4O2S. The molecule has 0 aliphatic heterocycles. The number of hydrogen-bond acceptors (Lipinski definition) is 5. The molecule has 27 heavy (non-hydrogen) atoms. The molecule has 3 aromatic heterocycles. The molecule has 1 amide bonds. The summed E-state index contributed by atoms with van der Waals surface area (Å²) in [6, 6.07) is 9.90. The number of amides is 1. The molecule has 2 N–H and O–H groups in total. The molecule has 1 aromatic carbocycles. The Morgan fingerprint density at radius 3 is 3.04 bits per heavy atom. The number of benzene rings is 1. The molecule has 1 fully saturated rings. The van der Waals surface area contributed by atoms with Crippen LogP contribution in [-0.4, -0.2) is 21.1 Å². The van der Waals surface area contributed by atoms with Gasteiger partial charge >= 0.3 is 0 Å². The van der Waals surface area contributed by atoms with Crippen LogP contribution in [0.1, 0.15) is 35.1 Å². The summed E-state index contributed by atoms with van der Waals surface area (Å²) >= 11 is 1.55. The van der Waals surface area contributed by atoms with Crippen molar-refractivity contribution in [2.24, 2.45) is 0 Å². The summed E-state index contributed by atoms with van der Waals surface area (Å²) < 4.78 is 5.77. The van der Waals surface area contributed by atoms with Crippen LogP contribution in [0.25, 0.3) is 21.7 Å². The lowest BCUT2D eigenvalue weighted by atomic mass is 10.1. The van der Waals surface area contributed by atoms with Gasteiger partial charge in [-0.2, -0.15) is 0 Å². The number of aryl methyl sites for hydroxylation is 1. The van der Waals surface area contributed by atoms with E-state index in [0.717, 1.165) is 50.6 Å². The van der Waals surface area contributed by atoms with Crippen molar-refractivity contribution in [2.75, 3.05) is 5.32 Å². The van der Waals surface area contributed by atoms with Gasteiger partial charge in [-0.05, 0) is 37.5 Å². The summed E-state index contributed by atoms with van der Waals surface area (Å²) in [7, 11) is 0. The number of aromatic nitrogens is 3. The maximum atomic E-state index is 12.6. The van der Waals surface area contributed by atoms with E-state index in [1.165, 1.54) is 0 Å². The molecule has 7 heteroatoms. The van der Waals surface area contributed by atoms with Crippen molar-refractivity contribution in [1.82, 2.24) is 15.2 Å². The van der Waals surface area contributed by atoms with Gasteiger partial charge in [0.2, 0.25) is 11.8 Å². The Morgan fingerprint density at radius 1 is 1.33 bits per heavy atom. The maximum absolute atomic E-state index is 12.6. The second-order valence-corrected chi connectivity index (χ2v) is 8.14. The van der Waals surface area contributed by atoms with E-state index in [0.29, 0.717) is 18.2 Å². The molecule has 0 bridgehead atoms. The predicted molar refractivity (Wildman–Crippen MR) is 105 cm³/mol. The van der Waals surface area contributed by atoms with Gasteiger partial charge in [0.1, 0.15) is 0 Å². The zero-order valence-corrected chi connectivity index (χ0v) is 15.6. The van der Waals surface area contributed by atoms with Gasteiger partial charge in [-0.15, -0.1) is 21.5 Å². The Kier molecular flexibility index (Phi) is 3.82. The summed E-state index contributed by atoms with van der Waals surface area (Å²) in [6.07, 6.45) is 4.47. The standard InChI is InChI=1S/C20H18N4O2S/c1-11-16(9-17(27-11)20-24-23-19(26-20)12-6-7-12)22-18(25)8-13-10-21-15-5-3-2-4-14(13)15/h2-5,9-10,12,21H,6-8H2,1H3,(H,22,25). The fraction of sp³-hybridized carbons (Fsp3) is 0.250. The summed E-state index contributed by atoms with van der Waals surface area (Å²) in [5.74, 6) is 1.64. The second-order valence-electron chi connectivity index (χ2n) is 6.88. The first-order chi connectivity index (χ1) is 13.2. The number of hydrogen-bond donors (Lipinski definition) is 2. The number of carbonyl (C=O) groups is 1. The fourth-order valence-electron chi connectivity index (χ4n) is 3.19. The zero-order valence-electron chi connectivity index (χ0n) is 14.8. The summed E-state index contributed by atoms with van der Waals surface area (Å²) in [5, 5.41) is 12.4. The highest BCUT2D eigenvalue weighted by molar-refractivity contribution is 7.15. The molecule has 4 aromatic rings. The third-order valence-corrected chi connectivity index (χ3v) is 5.83. The molecule has 1 aliphatic rings. The van der Waals surface area contributed by atoms with Gasteiger partial charge in [0.05, 0.1) is 17.0 Å². The summed E-state index contributed by atoms with van der Waals surface area (Å²) in [6.45, 7) is 1.98. The number of rotatable bonds is 5. The number of fused-ring (bicyclic) bond motifs is 1. The first kappa shape index (κ1) is 16.3. The second kappa shape index (κ2) is 6.35. The molecular weight excluding hydrogens is 360 g/mol. The average molecular weight is 378 g/mol. The van der Waals surface area contributed by atoms with E-state index in [-0.39, 0.29) is 5.91 Å². The predicted octanol–water partition coefficient (Wildman–Crippen LogP) is 4.65. The Labute approximate surface area is 159 Å². The number of H-pyrrole nitrogens is 1. The van der Waals surface area contributed by atoms with Gasteiger partial charge in [-0.25, -0.2) is 0 Å². The van der Waals surface area contributed by atoms with Gasteiger partial charge < -0.3 is 14.7 Å². The lowest BCUT2D eigenvalue weighted by Gasteiger charge is -2.03. The first-order valence-corrected chi connectivity index (χ1v) is 9.78. The smallest absolute Gasteiger partial charge is 0.257 e. The molecule has 6 nitrogen and oxygen atoms in total. The van der Waals surface area contributed by atoms with Crippen LogP contribution in [-0.2, 0) is 11.2 Å². The van der Waals surface area contributed by atoms with E-state index in [1.807, 2.05) is 43.5 Å². The van der Waals surface area contributed by atoms with Crippen LogP contribution in [0.4, 0.5) is 5.69 Å². The highest BCUT2D eigenvalue weighted by Gasteiger charge is 2.29. The van der Waals surface area contributed by atoms with Crippen molar-refractivity contribution in [1.29, 1.82) is 0 Å². The minimum Gasteiger partial charge on any atom is -0.420 e. The van der Waals surface area contributed by atoms with E-state index in [9.17, 15) is 4.79 Å². The Hall–Kier alpha value is -2.93. The van der Waals surface area contributed by atoms with Crippen LogP contribution in [0.15, 0.2) is 40.9 Å². The molecule has 0 spiro atoms. The van der Waals surface area contributed by atoms with Gasteiger partial charge in [0.15, 0.2) is 0 Å². The van der Waals surface area contributed by atoms with Crippen molar-refractivity contribution < 1.29 is 9.21 Å². The van der Waals surface area contributed by atoms with E-state index in [4.69, 9.17) is 4.42 Å². The molecule has 136 valence electrons. The van der Waals surface area contributed by atoms with Gasteiger partial charge in [0, 0.05) is 27.9 Å². The van der Waals surface area contributed by atoms with Crippen LogP contribution < -0.4 is 5.32 Å². The third-order valence-electron chi connectivity index (χ3n) is 4.80. The quantitative estimate of drug-likeness (QED) is 0.530. The number of anilines is 1. The van der Waals surface area contributed by atoms with Crippen LogP contribution in [0.3, 0.4) is 0 Å². The SMILES string of the molecule is Cc1sc(-c2nnc(C3CC3)o2)cc1NC(=O)Cc1c[nH]c2ccccc12. The summed E-state index contributed by atoms with van der Waals surface area (Å²) in [5.41, 5.74) is 2.82. The average Bonchev–Trinajstić information content (AvgIpc) is 3.09. The van der Waals surface area contributed by atoms with E-state index >= 15 is 0 Å². The Bertz CT molecular complexity index is 1140. The molecule has 1 saturated carbocycles. The van der Waals surface area contributed by atoms with Crippen LogP contribution >= 0.6 is 11.3 Å². The highest BCUT2D eigenvalue weighted by atomic mass is 32.1. The monoisotopic (exact) mass is 378 g/mol. The number of nitrogens with zero attached hydrogens (tertiary/aromatic N) is 2. The first-order valence-electron chi connectivity index (χ1n) is 8.96. The fourth-order valence-corrected chi connectivity index (χ4v) is 4.08. The Balaban J connectivity index is 1.32. The lowest BCUT2D eigenvalue weighted by molar-refractivity contribution is -0.115. The Morgan fingerprint density at radius 2 is 2.19 bits per heavy atom. The number of thiophene rings is 1. The van der Waals surface area contributed by atoms with Crippen molar-refractivity contribution in [3.05, 3.63) is 52.9 Å². The number of para-hydroxylation sites is 1. The molecule has 0 atom stereocenters. The van der Waals surface area contributed by atoms with Crippen LogP contribution in [0, 0.1) is 6.92 Å². The number of carbonyl (C=O) groups excluding carboxylic acids is 1. The molecule has 0 unspecified atom stereocenters. The van der Waals surface area contributed by atoms with Crippen LogP contribution in [0.5, 0.6) is 0 Å². The van der Waals surface area contributed by atoms with E-state index < -0.39 is 0 Å². The minimum atomic E-state index is -0.0450. The largest absolute Gasteiger partial charge is 0.420 e. The van der Waals surface area contributed by atoms with Gasteiger partial charge in [0.25, 0.3) is 5.89 Å². The maximum Gasteiger partial charge on any atom is 0.257 e. The molecule has 0 saturated heterocycles. The number of aromatic amines is 1. The van der Waals surface area contributed by atoms with E-state index in [2.05, 4.69) is 20.5 Å². The topological polar surface area (TPSA) is 83.8 Å². The zero-order chi connectivity index (χ0) is 18.4. The van der Waals surface area contributed by atoms with Crippen molar-refractivity contribution in [3.8, 4) is 10.8 Å². The normalized spacial score (nSPS) is 14.0. The van der Waals surface area contributed by atoms with Crippen LogP contribution in [0.2, 0.25) is 0 Å². The molecule has 1 aliphatic carbocycles. The summed E-state index contributed by atoms with van der Waals surface area (Å²) in [4.78, 5) is 17.7. The molecule has 0 radical (unpaired) electrons. The van der Waals surface area contributed by atoms with Crippen molar-refractivity contribution in [3.63, 3.8) is 0 Å². The third kappa shape index (κ3) is 3.14. The molecule has 5 rings (SSSR count). The highest BCUT2D eigenvalue weighted by Crippen LogP contribution is 2.41.